The van der Waals surface area contributed by atoms with Crippen molar-refractivity contribution in [2.45, 2.75) is 43.3 Å². The van der Waals surface area contributed by atoms with Crippen molar-refractivity contribution in [3.8, 4) is 5.75 Å². The van der Waals surface area contributed by atoms with Gasteiger partial charge in [0.05, 0.1) is 0 Å². The lowest BCUT2D eigenvalue weighted by Gasteiger charge is -2.22. The summed E-state index contributed by atoms with van der Waals surface area (Å²) in [4.78, 5) is 0. The van der Waals surface area contributed by atoms with Crippen molar-refractivity contribution in [3.05, 3.63) is 65.7 Å². The van der Waals surface area contributed by atoms with E-state index in [1.54, 1.807) is 0 Å². The van der Waals surface area contributed by atoms with Crippen LogP contribution in [0, 0.1) is 0 Å². The first-order valence-corrected chi connectivity index (χ1v) is 8.82. The van der Waals surface area contributed by atoms with Gasteiger partial charge in [0, 0.05) is 17.4 Å². The van der Waals surface area contributed by atoms with Crippen LogP contribution in [0.1, 0.15) is 30.9 Å². The molecule has 0 fully saturated rings. The quantitative estimate of drug-likeness (QED) is 0.734. The summed E-state index contributed by atoms with van der Waals surface area (Å²) in [6.45, 7) is 2.26. The Hall–Kier alpha value is -1.41. The fraction of sp³-hybridized carbons (Fsp3) is 0.368. The van der Waals surface area contributed by atoms with E-state index in [0.29, 0.717) is 11.4 Å². The Morgan fingerprint density at radius 1 is 1.10 bits per heavy atom. The number of hydrogen-bond donors (Lipinski definition) is 0. The summed E-state index contributed by atoms with van der Waals surface area (Å²) in [6, 6.07) is 19.2. The minimum absolute atomic E-state index is 0.330. The number of fused-ring (bicyclic) bond motifs is 1. The lowest BCUT2D eigenvalue weighted by Crippen LogP contribution is -2.27. The topological polar surface area (TPSA) is 9.23 Å². The van der Waals surface area contributed by atoms with Gasteiger partial charge in [-0.2, -0.15) is 0 Å². The highest BCUT2D eigenvalue weighted by atomic mass is 32.2. The summed E-state index contributed by atoms with van der Waals surface area (Å²) < 4.78 is 6.19. The second-order valence-corrected chi connectivity index (χ2v) is 6.82. The van der Waals surface area contributed by atoms with Crippen molar-refractivity contribution in [1.82, 2.24) is 0 Å². The lowest BCUT2D eigenvalue weighted by atomic mass is 10.1. The zero-order valence-corrected chi connectivity index (χ0v) is 13.3. The molecule has 0 bridgehead atoms. The molecule has 0 saturated heterocycles. The zero-order valence-electron chi connectivity index (χ0n) is 12.5. The van der Waals surface area contributed by atoms with Gasteiger partial charge >= 0.3 is 0 Å². The van der Waals surface area contributed by atoms with Crippen LogP contribution in [0.4, 0.5) is 0 Å². The van der Waals surface area contributed by atoms with Crippen LogP contribution in [-0.4, -0.2) is 11.4 Å². The molecule has 0 aliphatic carbocycles. The van der Waals surface area contributed by atoms with Crippen molar-refractivity contribution in [3.63, 3.8) is 0 Å². The molecule has 0 N–H and O–H groups in total. The summed E-state index contributed by atoms with van der Waals surface area (Å²) in [7, 11) is 0. The second-order valence-electron chi connectivity index (χ2n) is 5.59. The first kappa shape index (κ1) is 14.5. The van der Waals surface area contributed by atoms with Crippen LogP contribution in [0.3, 0.4) is 0 Å². The van der Waals surface area contributed by atoms with E-state index in [1.165, 1.54) is 24.0 Å². The summed E-state index contributed by atoms with van der Waals surface area (Å²) in [5.74, 6) is 2.16. The highest BCUT2D eigenvalue weighted by Crippen LogP contribution is 2.35. The van der Waals surface area contributed by atoms with Crippen LogP contribution in [-0.2, 0) is 12.2 Å². The molecule has 0 amide bonds. The van der Waals surface area contributed by atoms with Gasteiger partial charge < -0.3 is 4.74 Å². The Bertz CT molecular complexity index is 542. The summed E-state index contributed by atoms with van der Waals surface area (Å²) in [5, 5.41) is 0.572. The van der Waals surface area contributed by atoms with Crippen molar-refractivity contribution in [1.29, 1.82) is 0 Å². The first-order chi connectivity index (χ1) is 10.4. The molecule has 2 aromatic rings. The molecule has 2 atom stereocenters. The lowest BCUT2D eigenvalue weighted by molar-refractivity contribution is 0.224. The van der Waals surface area contributed by atoms with Crippen LogP contribution >= 0.6 is 11.8 Å². The Morgan fingerprint density at radius 2 is 1.86 bits per heavy atom. The maximum absolute atomic E-state index is 6.19. The number of benzene rings is 2. The zero-order chi connectivity index (χ0) is 14.5. The number of para-hydroxylation sites is 1. The van der Waals surface area contributed by atoms with Gasteiger partial charge in [0.25, 0.3) is 0 Å². The van der Waals surface area contributed by atoms with E-state index in [9.17, 15) is 0 Å². The SMILES string of the molecule is CCC[C@H](SCc1ccccc1)[C@@H]1Cc2ccccc2O1. The molecular weight excluding hydrogens is 276 g/mol. The van der Waals surface area contributed by atoms with Crippen molar-refractivity contribution in [2.24, 2.45) is 0 Å². The van der Waals surface area contributed by atoms with Crippen molar-refractivity contribution < 1.29 is 4.74 Å². The third-order valence-corrected chi connectivity index (χ3v) is 5.43. The van der Waals surface area contributed by atoms with E-state index in [0.717, 1.165) is 17.9 Å². The summed E-state index contributed by atoms with van der Waals surface area (Å²) >= 11 is 2.04. The van der Waals surface area contributed by atoms with E-state index in [2.05, 4.69) is 61.5 Å². The Kier molecular flexibility index (Phi) is 4.87. The number of thioether (sulfide) groups is 1. The number of ether oxygens (including phenoxy) is 1. The van der Waals surface area contributed by atoms with E-state index in [1.807, 2.05) is 11.8 Å². The average Bonchev–Trinajstić information content (AvgIpc) is 2.96. The van der Waals surface area contributed by atoms with E-state index in [-0.39, 0.29) is 0 Å². The third-order valence-electron chi connectivity index (χ3n) is 3.97. The molecule has 1 aliphatic rings. The normalized spacial score (nSPS) is 18.0. The van der Waals surface area contributed by atoms with Gasteiger partial charge in [0.1, 0.15) is 11.9 Å². The van der Waals surface area contributed by atoms with Gasteiger partial charge in [-0.05, 0) is 23.6 Å². The van der Waals surface area contributed by atoms with Crippen molar-refractivity contribution in [2.75, 3.05) is 0 Å². The largest absolute Gasteiger partial charge is 0.489 e. The van der Waals surface area contributed by atoms with Gasteiger partial charge in [0.2, 0.25) is 0 Å². The summed E-state index contributed by atoms with van der Waals surface area (Å²) in [5.41, 5.74) is 2.77. The molecule has 0 unspecified atom stereocenters. The van der Waals surface area contributed by atoms with Crippen LogP contribution in [0.2, 0.25) is 0 Å². The van der Waals surface area contributed by atoms with Gasteiger partial charge in [-0.3, -0.25) is 0 Å². The molecule has 0 aromatic heterocycles. The Labute approximate surface area is 131 Å². The Balaban J connectivity index is 1.63. The molecule has 1 aliphatic heterocycles. The highest BCUT2D eigenvalue weighted by molar-refractivity contribution is 7.99. The van der Waals surface area contributed by atoms with Gasteiger partial charge in [-0.25, -0.2) is 0 Å². The molecule has 2 heteroatoms. The van der Waals surface area contributed by atoms with Gasteiger partial charge in [-0.1, -0.05) is 61.9 Å². The molecule has 0 spiro atoms. The molecule has 1 nitrogen and oxygen atoms in total. The molecule has 3 rings (SSSR count). The molecule has 0 saturated carbocycles. The predicted octanol–water partition coefficient (Wildman–Crippen LogP) is 5.09. The maximum Gasteiger partial charge on any atom is 0.123 e. The number of hydrogen-bond acceptors (Lipinski definition) is 2. The standard InChI is InChI=1S/C19H22OS/c1-2-8-19(21-14-15-9-4-3-5-10-15)18-13-16-11-6-7-12-17(16)20-18/h3-7,9-12,18-19H,2,8,13-14H2,1H3/t18-,19-/m0/s1. The van der Waals surface area contributed by atoms with E-state index < -0.39 is 0 Å². The van der Waals surface area contributed by atoms with Crippen molar-refractivity contribution >= 4 is 11.8 Å². The minimum Gasteiger partial charge on any atom is -0.489 e. The maximum atomic E-state index is 6.19. The predicted molar refractivity (Wildman–Crippen MR) is 91.0 cm³/mol. The molecule has 21 heavy (non-hydrogen) atoms. The van der Waals surface area contributed by atoms with Gasteiger partial charge in [0.15, 0.2) is 0 Å². The van der Waals surface area contributed by atoms with Gasteiger partial charge in [-0.15, -0.1) is 11.8 Å². The van der Waals surface area contributed by atoms with E-state index in [4.69, 9.17) is 4.74 Å². The van der Waals surface area contributed by atoms with Crippen LogP contribution in [0.5, 0.6) is 5.75 Å². The average molecular weight is 298 g/mol. The molecular formula is C19H22OS. The first-order valence-electron chi connectivity index (χ1n) is 7.77. The highest BCUT2D eigenvalue weighted by Gasteiger charge is 2.29. The monoisotopic (exact) mass is 298 g/mol. The molecule has 0 radical (unpaired) electrons. The fourth-order valence-corrected chi connectivity index (χ4v) is 4.22. The Morgan fingerprint density at radius 3 is 2.62 bits per heavy atom. The molecule has 1 heterocycles. The van der Waals surface area contributed by atoms with Crippen LogP contribution in [0.25, 0.3) is 0 Å². The van der Waals surface area contributed by atoms with Crippen LogP contribution in [0.15, 0.2) is 54.6 Å². The smallest absolute Gasteiger partial charge is 0.123 e. The number of rotatable bonds is 6. The van der Waals surface area contributed by atoms with E-state index >= 15 is 0 Å². The van der Waals surface area contributed by atoms with Crippen LogP contribution < -0.4 is 4.74 Å². The minimum atomic E-state index is 0.330. The fourth-order valence-electron chi connectivity index (χ4n) is 2.85. The third kappa shape index (κ3) is 3.62. The second kappa shape index (κ2) is 7.04. The molecule has 110 valence electrons. The molecule has 2 aromatic carbocycles. The summed E-state index contributed by atoms with van der Waals surface area (Å²) in [6.07, 6.45) is 3.82.